The molecule has 0 fully saturated rings. The van der Waals surface area contributed by atoms with Crippen molar-refractivity contribution in [2.45, 2.75) is 13.3 Å². The second-order valence-corrected chi connectivity index (χ2v) is 5.11. The average molecular weight is 288 g/mol. The van der Waals surface area contributed by atoms with E-state index in [4.69, 9.17) is 11.6 Å². The first kappa shape index (κ1) is 15.1. The minimum absolute atomic E-state index is 0.118. The van der Waals surface area contributed by atoms with Crippen LogP contribution >= 0.6 is 23.4 Å². The van der Waals surface area contributed by atoms with Crippen molar-refractivity contribution in [1.29, 1.82) is 0 Å². The number of nitrogens with one attached hydrogen (secondary N) is 2. The van der Waals surface area contributed by atoms with Crippen LogP contribution < -0.4 is 10.6 Å². The molecule has 0 unspecified atom stereocenters. The smallest absolute Gasteiger partial charge is 0.251 e. The molecule has 18 heavy (non-hydrogen) atoms. The van der Waals surface area contributed by atoms with E-state index in [2.05, 4.69) is 22.5 Å². The van der Waals surface area contributed by atoms with E-state index in [1.807, 2.05) is 6.26 Å². The second-order valence-electron chi connectivity index (χ2n) is 3.74. The fraction of sp³-hybridized carbons (Fsp3) is 0.500. The third kappa shape index (κ3) is 5.14. The number of hydrogen-bond acceptors (Lipinski definition) is 4. The zero-order valence-corrected chi connectivity index (χ0v) is 12.2. The molecule has 0 aliphatic heterocycles. The van der Waals surface area contributed by atoms with E-state index in [9.17, 15) is 4.79 Å². The highest BCUT2D eigenvalue weighted by atomic mass is 35.5. The normalized spacial score (nSPS) is 10.2. The van der Waals surface area contributed by atoms with Gasteiger partial charge in [0.05, 0.1) is 0 Å². The van der Waals surface area contributed by atoms with E-state index < -0.39 is 0 Å². The maximum atomic E-state index is 11.9. The minimum Gasteiger partial charge on any atom is -0.370 e. The second kappa shape index (κ2) is 8.21. The Hall–Kier alpha value is -0.940. The fourth-order valence-corrected chi connectivity index (χ4v) is 1.86. The van der Waals surface area contributed by atoms with Crippen LogP contribution in [0.2, 0.25) is 5.15 Å². The predicted molar refractivity (Wildman–Crippen MR) is 78.7 cm³/mol. The van der Waals surface area contributed by atoms with E-state index in [0.29, 0.717) is 23.1 Å². The Morgan fingerprint density at radius 2 is 2.22 bits per heavy atom. The predicted octanol–water partition coefficient (Wildman–Crippen LogP) is 2.65. The summed E-state index contributed by atoms with van der Waals surface area (Å²) >= 11 is 7.59. The molecule has 1 aromatic rings. The summed E-state index contributed by atoms with van der Waals surface area (Å²) in [6.07, 6.45) is 2.99. The quantitative estimate of drug-likeness (QED) is 0.598. The summed E-state index contributed by atoms with van der Waals surface area (Å²) in [7, 11) is 0. The lowest BCUT2D eigenvalue weighted by molar-refractivity contribution is 0.0956. The molecule has 0 atom stereocenters. The molecule has 0 aliphatic carbocycles. The Kier molecular flexibility index (Phi) is 6.90. The largest absolute Gasteiger partial charge is 0.370 e. The molecule has 2 N–H and O–H groups in total. The van der Waals surface area contributed by atoms with Crippen molar-refractivity contribution in [3.8, 4) is 0 Å². The van der Waals surface area contributed by atoms with Crippen LogP contribution in [0.1, 0.15) is 23.7 Å². The van der Waals surface area contributed by atoms with Gasteiger partial charge in [-0.05, 0) is 24.8 Å². The molecule has 1 rings (SSSR count). The third-order valence-corrected chi connectivity index (χ3v) is 3.01. The highest BCUT2D eigenvalue weighted by Gasteiger charge is 2.08. The third-order valence-electron chi connectivity index (χ3n) is 2.20. The van der Waals surface area contributed by atoms with Crippen LogP contribution in [0.3, 0.4) is 0 Å². The van der Waals surface area contributed by atoms with Gasteiger partial charge in [-0.15, -0.1) is 0 Å². The zero-order chi connectivity index (χ0) is 13.4. The molecule has 0 aliphatic rings. The van der Waals surface area contributed by atoms with Crippen molar-refractivity contribution in [2.75, 3.05) is 30.4 Å². The number of hydrogen-bond donors (Lipinski definition) is 2. The van der Waals surface area contributed by atoms with Crippen LogP contribution in [-0.4, -0.2) is 36.0 Å². The maximum absolute atomic E-state index is 11.9. The zero-order valence-electron chi connectivity index (χ0n) is 10.6. The van der Waals surface area contributed by atoms with Crippen molar-refractivity contribution in [1.82, 2.24) is 10.3 Å². The standard InChI is InChI=1S/C12H18ClN3OS/c1-3-4-14-11-8-9(7-10(13)16-11)12(17)15-5-6-18-2/h7-8H,3-6H2,1-2H3,(H,14,16)(H,15,17). The van der Waals surface area contributed by atoms with Crippen LogP contribution in [0.5, 0.6) is 0 Å². The first-order valence-electron chi connectivity index (χ1n) is 5.86. The van der Waals surface area contributed by atoms with Gasteiger partial charge in [0.1, 0.15) is 11.0 Å². The number of aromatic nitrogens is 1. The molecule has 0 aromatic carbocycles. The molecule has 0 spiro atoms. The Bertz CT molecular complexity index is 401. The molecule has 6 heteroatoms. The molecule has 0 saturated heterocycles. The van der Waals surface area contributed by atoms with Gasteiger partial charge in [0.25, 0.3) is 5.91 Å². The topological polar surface area (TPSA) is 54.0 Å². The first-order chi connectivity index (χ1) is 8.67. The minimum atomic E-state index is -0.118. The Balaban J connectivity index is 2.69. The van der Waals surface area contributed by atoms with E-state index in [1.165, 1.54) is 0 Å². The monoisotopic (exact) mass is 287 g/mol. The highest BCUT2D eigenvalue weighted by molar-refractivity contribution is 7.98. The number of carbonyl (C=O) groups excluding carboxylic acids is 1. The van der Waals surface area contributed by atoms with Gasteiger partial charge in [-0.2, -0.15) is 11.8 Å². The number of carbonyl (C=O) groups is 1. The number of thioether (sulfide) groups is 1. The SMILES string of the molecule is CCCNc1cc(C(=O)NCCSC)cc(Cl)n1. The molecule has 1 aromatic heterocycles. The average Bonchev–Trinajstić information content (AvgIpc) is 2.36. The summed E-state index contributed by atoms with van der Waals surface area (Å²) in [4.78, 5) is 16.0. The number of pyridine rings is 1. The fourth-order valence-electron chi connectivity index (χ4n) is 1.34. The van der Waals surface area contributed by atoms with Crippen molar-refractivity contribution >= 4 is 35.1 Å². The maximum Gasteiger partial charge on any atom is 0.251 e. The molecule has 0 saturated carbocycles. The van der Waals surface area contributed by atoms with Crippen LogP contribution in [0, 0.1) is 0 Å². The van der Waals surface area contributed by atoms with Gasteiger partial charge in [0, 0.05) is 24.4 Å². The highest BCUT2D eigenvalue weighted by Crippen LogP contribution is 2.14. The first-order valence-corrected chi connectivity index (χ1v) is 7.63. The van der Waals surface area contributed by atoms with Crippen molar-refractivity contribution in [2.24, 2.45) is 0 Å². The van der Waals surface area contributed by atoms with Gasteiger partial charge in [0.15, 0.2) is 0 Å². The lowest BCUT2D eigenvalue weighted by Gasteiger charge is -2.08. The lowest BCUT2D eigenvalue weighted by Crippen LogP contribution is -2.25. The molecule has 1 heterocycles. The van der Waals surface area contributed by atoms with E-state index >= 15 is 0 Å². The molecule has 100 valence electrons. The Morgan fingerprint density at radius 1 is 1.44 bits per heavy atom. The van der Waals surface area contributed by atoms with Crippen molar-refractivity contribution < 1.29 is 4.79 Å². The molecule has 4 nitrogen and oxygen atoms in total. The van der Waals surface area contributed by atoms with Crippen LogP contribution in [0.4, 0.5) is 5.82 Å². The summed E-state index contributed by atoms with van der Waals surface area (Å²) in [5, 5.41) is 6.28. The molecule has 1 amide bonds. The summed E-state index contributed by atoms with van der Waals surface area (Å²) < 4.78 is 0. The number of rotatable bonds is 7. The van der Waals surface area contributed by atoms with E-state index in [1.54, 1.807) is 23.9 Å². The van der Waals surface area contributed by atoms with Gasteiger partial charge >= 0.3 is 0 Å². The van der Waals surface area contributed by atoms with Crippen molar-refractivity contribution in [3.63, 3.8) is 0 Å². The number of anilines is 1. The van der Waals surface area contributed by atoms with Crippen LogP contribution in [0.15, 0.2) is 12.1 Å². The molecule has 0 bridgehead atoms. The Labute approximate surface area is 117 Å². The number of amides is 1. The lowest BCUT2D eigenvalue weighted by atomic mass is 10.2. The van der Waals surface area contributed by atoms with Gasteiger partial charge in [-0.3, -0.25) is 4.79 Å². The van der Waals surface area contributed by atoms with Gasteiger partial charge < -0.3 is 10.6 Å². The summed E-state index contributed by atoms with van der Waals surface area (Å²) in [6.45, 7) is 3.52. The summed E-state index contributed by atoms with van der Waals surface area (Å²) in [6, 6.07) is 3.29. The van der Waals surface area contributed by atoms with Gasteiger partial charge in [0.2, 0.25) is 0 Å². The van der Waals surface area contributed by atoms with Gasteiger partial charge in [-0.25, -0.2) is 4.98 Å². The molecular weight excluding hydrogens is 270 g/mol. The summed E-state index contributed by atoms with van der Waals surface area (Å²) in [5.74, 6) is 1.41. The molecule has 0 radical (unpaired) electrons. The van der Waals surface area contributed by atoms with Crippen LogP contribution in [0.25, 0.3) is 0 Å². The van der Waals surface area contributed by atoms with Gasteiger partial charge in [-0.1, -0.05) is 18.5 Å². The number of halogens is 1. The van der Waals surface area contributed by atoms with E-state index in [0.717, 1.165) is 18.7 Å². The Morgan fingerprint density at radius 3 is 2.89 bits per heavy atom. The van der Waals surface area contributed by atoms with Crippen molar-refractivity contribution in [3.05, 3.63) is 22.8 Å². The van der Waals surface area contributed by atoms with E-state index in [-0.39, 0.29) is 5.91 Å². The summed E-state index contributed by atoms with van der Waals surface area (Å²) in [5.41, 5.74) is 0.537. The molecular formula is C12H18ClN3OS. The van der Waals surface area contributed by atoms with Crippen LogP contribution in [-0.2, 0) is 0 Å². The number of nitrogens with zero attached hydrogens (tertiary/aromatic N) is 1.